The van der Waals surface area contributed by atoms with Crippen molar-refractivity contribution in [1.29, 1.82) is 0 Å². The maximum atomic E-state index is 15.5. The van der Waals surface area contributed by atoms with Gasteiger partial charge in [0.2, 0.25) is 0 Å². The van der Waals surface area contributed by atoms with Crippen molar-refractivity contribution < 1.29 is 22.8 Å². The van der Waals surface area contributed by atoms with Gasteiger partial charge in [0.05, 0.1) is 9.82 Å². The number of halogens is 1. The molecule has 0 aliphatic carbocycles. The summed E-state index contributed by atoms with van der Waals surface area (Å²) in [6.07, 6.45) is -0.409. The minimum atomic E-state index is -4.95. The summed E-state index contributed by atoms with van der Waals surface area (Å²) in [4.78, 5) is 9.59. The molecule has 2 aromatic rings. The first-order valence-electron chi connectivity index (χ1n) is 7.14. The van der Waals surface area contributed by atoms with Gasteiger partial charge in [0.1, 0.15) is 5.92 Å². The Hall–Kier alpha value is -2.32. The van der Waals surface area contributed by atoms with Crippen molar-refractivity contribution >= 4 is 9.84 Å². The van der Waals surface area contributed by atoms with Crippen molar-refractivity contribution in [2.24, 2.45) is 0 Å². The fourth-order valence-corrected chi connectivity index (χ4v) is 4.21. The minimum Gasteiger partial charge on any atom is -0.396 e. The molecule has 24 heavy (non-hydrogen) atoms. The average Bonchev–Trinajstić information content (AvgIpc) is 2.60. The van der Waals surface area contributed by atoms with E-state index in [2.05, 4.69) is 0 Å². The first-order chi connectivity index (χ1) is 11.4. The summed E-state index contributed by atoms with van der Waals surface area (Å²) in [5, 5.41) is 16.9. The number of benzene rings is 2. The average molecular weight is 353 g/mol. The van der Waals surface area contributed by atoms with Gasteiger partial charge in [-0.2, -0.15) is 0 Å². The largest absolute Gasteiger partial charge is 0.469 e. The first kappa shape index (κ1) is 18.0. The Kier molecular flexibility index (Phi) is 5.30. The zero-order chi connectivity index (χ0) is 17.8. The summed E-state index contributed by atoms with van der Waals surface area (Å²) >= 11 is 0. The highest BCUT2D eigenvalue weighted by atomic mass is 32.2. The predicted octanol–water partition coefficient (Wildman–Crippen LogP) is 2.53. The van der Waals surface area contributed by atoms with Crippen molar-refractivity contribution in [3.8, 4) is 0 Å². The molecular weight excluding hydrogens is 337 g/mol. The summed E-state index contributed by atoms with van der Waals surface area (Å²) in [6, 6.07) is 13.9. The molecule has 0 aromatic heterocycles. The Morgan fingerprint density at radius 2 is 1.58 bits per heavy atom. The molecule has 0 heterocycles. The van der Waals surface area contributed by atoms with Crippen molar-refractivity contribution in [3.05, 3.63) is 76.3 Å². The summed E-state index contributed by atoms with van der Waals surface area (Å²) < 4.78 is 40.9. The summed E-state index contributed by atoms with van der Waals surface area (Å²) in [7, 11) is -4.95. The summed E-state index contributed by atoms with van der Waals surface area (Å²) in [5.41, 5.74) is 0.130. The van der Waals surface area contributed by atoms with E-state index in [4.69, 9.17) is 0 Å². The van der Waals surface area contributed by atoms with E-state index in [0.717, 1.165) is 12.1 Å². The molecule has 0 aliphatic rings. The molecule has 2 atom stereocenters. The molecule has 1 N–H and O–H groups in total. The molecule has 128 valence electrons. The van der Waals surface area contributed by atoms with Crippen molar-refractivity contribution in [3.63, 3.8) is 0 Å². The van der Waals surface area contributed by atoms with E-state index in [0.29, 0.717) is 0 Å². The number of aliphatic hydroxyl groups is 1. The second-order valence-corrected chi connectivity index (χ2v) is 7.21. The van der Waals surface area contributed by atoms with Crippen LogP contribution < -0.4 is 0 Å². The van der Waals surface area contributed by atoms with E-state index < -0.39 is 43.7 Å². The highest BCUT2D eigenvalue weighted by Gasteiger charge is 2.63. The first-order valence-corrected chi connectivity index (χ1v) is 8.63. The lowest BCUT2D eigenvalue weighted by molar-refractivity contribution is -0.579. The maximum Gasteiger partial charge on any atom is 0.469 e. The van der Waals surface area contributed by atoms with Gasteiger partial charge < -0.3 is 5.11 Å². The molecule has 0 radical (unpaired) electrons. The fourth-order valence-electron chi connectivity index (χ4n) is 2.54. The highest BCUT2D eigenvalue weighted by molar-refractivity contribution is 7.92. The summed E-state index contributed by atoms with van der Waals surface area (Å²) in [5.74, 6) is -1.65. The number of nitrogens with zero attached hydrogens (tertiary/aromatic N) is 1. The molecule has 8 heteroatoms. The number of hydrogen-bond donors (Lipinski definition) is 1. The van der Waals surface area contributed by atoms with Gasteiger partial charge in [-0.3, -0.25) is 10.1 Å². The van der Waals surface area contributed by atoms with Crippen LogP contribution in [-0.4, -0.2) is 30.2 Å². The number of aliphatic hydroxyl groups excluding tert-OH is 1. The fraction of sp³-hybridized carbons (Fsp3) is 0.250. The van der Waals surface area contributed by atoms with Gasteiger partial charge in [0.15, 0.2) is 0 Å². The topological polar surface area (TPSA) is 97.5 Å². The van der Waals surface area contributed by atoms with Crippen LogP contribution in [-0.2, 0) is 9.84 Å². The number of rotatable bonds is 7. The van der Waals surface area contributed by atoms with Gasteiger partial charge in [-0.25, -0.2) is 8.42 Å². The standard InChI is InChI=1S/C16H16FNO5S/c17-16(18(20)21,24(22,23)14-9-5-2-6-10-14)15(11-12-19)13-7-3-1-4-8-13/h1-10,15,19H,11-12H2/t15-,16?/m0/s1. The molecule has 6 nitrogen and oxygen atoms in total. The molecule has 0 saturated heterocycles. The normalized spacial score (nSPS) is 15.4. The Balaban J connectivity index is 2.67. The molecular formula is C16H16FNO5S. The summed E-state index contributed by atoms with van der Waals surface area (Å²) in [6.45, 7) is -0.594. The van der Waals surface area contributed by atoms with E-state index in [1.54, 1.807) is 6.07 Å². The highest BCUT2D eigenvalue weighted by Crippen LogP contribution is 2.42. The van der Waals surface area contributed by atoms with Crippen LogP contribution in [0.1, 0.15) is 17.9 Å². The Morgan fingerprint density at radius 3 is 2.04 bits per heavy atom. The zero-order valence-electron chi connectivity index (χ0n) is 12.6. The van der Waals surface area contributed by atoms with E-state index in [1.165, 1.54) is 42.5 Å². The quantitative estimate of drug-likeness (QED) is 0.469. The maximum absolute atomic E-state index is 15.5. The predicted molar refractivity (Wildman–Crippen MR) is 85.3 cm³/mol. The second kappa shape index (κ2) is 7.06. The lowest BCUT2D eigenvalue weighted by Crippen LogP contribution is -2.47. The lowest BCUT2D eigenvalue weighted by atomic mass is 9.95. The molecule has 2 rings (SSSR count). The molecule has 0 spiro atoms. The van der Waals surface area contributed by atoms with Gasteiger partial charge in [-0.05, 0) is 24.1 Å². The SMILES string of the molecule is O=[N+]([O-])C(F)([C@@H](CCO)c1ccccc1)S(=O)(=O)c1ccccc1. The van der Waals surface area contributed by atoms with Crippen molar-refractivity contribution in [1.82, 2.24) is 0 Å². The van der Waals surface area contributed by atoms with Crippen molar-refractivity contribution in [2.45, 2.75) is 22.4 Å². The molecule has 0 saturated carbocycles. The Labute approximate surface area is 138 Å². The molecule has 1 unspecified atom stereocenters. The van der Waals surface area contributed by atoms with E-state index >= 15 is 4.39 Å². The second-order valence-electron chi connectivity index (χ2n) is 5.16. The van der Waals surface area contributed by atoms with Crippen LogP contribution in [0.5, 0.6) is 0 Å². The number of alkyl halides is 1. The van der Waals surface area contributed by atoms with Crippen LogP contribution in [0.15, 0.2) is 65.6 Å². The number of nitro groups is 1. The van der Waals surface area contributed by atoms with Crippen molar-refractivity contribution in [2.75, 3.05) is 6.61 Å². The molecule has 0 bridgehead atoms. The third-order valence-corrected chi connectivity index (χ3v) is 5.81. The van der Waals surface area contributed by atoms with Crippen LogP contribution in [0.4, 0.5) is 4.39 Å². The number of sulfone groups is 1. The van der Waals surface area contributed by atoms with Gasteiger partial charge in [-0.15, -0.1) is 4.39 Å². The van der Waals surface area contributed by atoms with Gasteiger partial charge in [0.25, 0.3) is 9.84 Å². The van der Waals surface area contributed by atoms with Crippen LogP contribution in [0.2, 0.25) is 0 Å². The van der Waals surface area contributed by atoms with Crippen LogP contribution >= 0.6 is 0 Å². The van der Waals surface area contributed by atoms with E-state index in [9.17, 15) is 23.6 Å². The van der Waals surface area contributed by atoms with Crippen LogP contribution in [0, 0.1) is 10.1 Å². The molecule has 0 fully saturated rings. The number of hydrogen-bond acceptors (Lipinski definition) is 5. The molecule has 0 amide bonds. The molecule has 0 aliphatic heterocycles. The van der Waals surface area contributed by atoms with Gasteiger partial charge in [-0.1, -0.05) is 48.5 Å². The van der Waals surface area contributed by atoms with Crippen LogP contribution in [0.25, 0.3) is 0 Å². The van der Waals surface area contributed by atoms with E-state index in [1.807, 2.05) is 0 Å². The Morgan fingerprint density at radius 1 is 1.08 bits per heavy atom. The zero-order valence-corrected chi connectivity index (χ0v) is 13.4. The monoisotopic (exact) mass is 353 g/mol. The lowest BCUT2D eigenvalue weighted by Gasteiger charge is -2.26. The minimum absolute atomic E-state index is 0.130. The smallest absolute Gasteiger partial charge is 0.396 e. The molecule has 2 aromatic carbocycles. The Bertz CT molecular complexity index is 798. The van der Waals surface area contributed by atoms with E-state index in [-0.39, 0.29) is 5.56 Å². The van der Waals surface area contributed by atoms with Gasteiger partial charge >= 0.3 is 5.12 Å². The third-order valence-electron chi connectivity index (χ3n) is 3.73. The third kappa shape index (κ3) is 3.02. The van der Waals surface area contributed by atoms with Crippen LogP contribution in [0.3, 0.4) is 0 Å². The van der Waals surface area contributed by atoms with Gasteiger partial charge in [0, 0.05) is 6.61 Å².